The zero-order valence-corrected chi connectivity index (χ0v) is 11.1. The van der Waals surface area contributed by atoms with Crippen LogP contribution in [0, 0.1) is 0 Å². The lowest BCUT2D eigenvalue weighted by molar-refractivity contribution is 0.100. The zero-order valence-electron chi connectivity index (χ0n) is 11.1. The molecule has 0 aliphatic rings. The van der Waals surface area contributed by atoms with Crippen LogP contribution < -0.4 is 11.1 Å². The number of benzene rings is 1. The van der Waals surface area contributed by atoms with Gasteiger partial charge in [0.1, 0.15) is 5.69 Å². The Bertz CT molecular complexity index is 639. The van der Waals surface area contributed by atoms with Crippen LogP contribution in [0.2, 0.25) is 0 Å². The molecule has 2 amide bonds. The Labute approximate surface area is 116 Å². The molecule has 5 heteroatoms. The maximum absolute atomic E-state index is 12.0. The van der Waals surface area contributed by atoms with Crippen molar-refractivity contribution in [2.24, 2.45) is 5.73 Å². The molecular weight excluding hydrogens is 254 g/mol. The van der Waals surface area contributed by atoms with Gasteiger partial charge in [0, 0.05) is 6.20 Å². The largest absolute Gasteiger partial charge is 0.366 e. The molecule has 0 unspecified atom stereocenters. The summed E-state index contributed by atoms with van der Waals surface area (Å²) in [6, 6.07) is 10.3. The van der Waals surface area contributed by atoms with E-state index in [4.69, 9.17) is 5.73 Å². The number of anilines is 1. The third kappa shape index (κ3) is 3.00. The molecule has 2 aromatic rings. The van der Waals surface area contributed by atoms with Crippen molar-refractivity contribution < 1.29 is 9.59 Å². The number of carbonyl (C=O) groups excluding carboxylic acids is 2. The molecule has 1 aromatic carbocycles. The standard InChI is InChI=1S/C15H15N3O2/c1-2-10-6-7-12(11(9-10)14(16)19)18-15(20)13-5-3-4-8-17-13/h3-9H,2H2,1H3,(H2,16,19)(H,18,20). The van der Waals surface area contributed by atoms with Gasteiger partial charge in [0.05, 0.1) is 11.3 Å². The smallest absolute Gasteiger partial charge is 0.274 e. The Kier molecular flexibility index (Phi) is 4.10. The van der Waals surface area contributed by atoms with Gasteiger partial charge >= 0.3 is 0 Å². The molecule has 102 valence electrons. The second kappa shape index (κ2) is 5.97. The van der Waals surface area contributed by atoms with Gasteiger partial charge in [0.25, 0.3) is 11.8 Å². The highest BCUT2D eigenvalue weighted by atomic mass is 16.2. The number of nitrogens with two attached hydrogens (primary N) is 1. The van der Waals surface area contributed by atoms with E-state index in [-0.39, 0.29) is 11.6 Å². The molecule has 5 nitrogen and oxygen atoms in total. The van der Waals surface area contributed by atoms with Crippen LogP contribution in [0.25, 0.3) is 0 Å². The average molecular weight is 269 g/mol. The van der Waals surface area contributed by atoms with Gasteiger partial charge in [-0.25, -0.2) is 0 Å². The number of aryl methyl sites for hydroxylation is 1. The van der Waals surface area contributed by atoms with Crippen molar-refractivity contribution in [2.75, 3.05) is 5.32 Å². The Morgan fingerprint density at radius 2 is 2.05 bits per heavy atom. The van der Waals surface area contributed by atoms with Gasteiger partial charge in [-0.3, -0.25) is 14.6 Å². The quantitative estimate of drug-likeness (QED) is 0.890. The van der Waals surface area contributed by atoms with E-state index in [9.17, 15) is 9.59 Å². The highest BCUT2D eigenvalue weighted by molar-refractivity contribution is 6.07. The summed E-state index contributed by atoms with van der Waals surface area (Å²) in [6.07, 6.45) is 2.32. The first-order valence-corrected chi connectivity index (χ1v) is 6.27. The maximum Gasteiger partial charge on any atom is 0.274 e. The number of aromatic nitrogens is 1. The highest BCUT2D eigenvalue weighted by Gasteiger charge is 2.13. The number of nitrogens with one attached hydrogen (secondary N) is 1. The third-order valence-electron chi connectivity index (χ3n) is 2.90. The lowest BCUT2D eigenvalue weighted by Gasteiger charge is -2.10. The third-order valence-corrected chi connectivity index (χ3v) is 2.90. The molecule has 0 spiro atoms. The van der Waals surface area contributed by atoms with Crippen LogP contribution in [0.5, 0.6) is 0 Å². The summed E-state index contributed by atoms with van der Waals surface area (Å²) < 4.78 is 0. The van der Waals surface area contributed by atoms with Gasteiger partial charge in [0.2, 0.25) is 0 Å². The number of hydrogen-bond donors (Lipinski definition) is 2. The van der Waals surface area contributed by atoms with Gasteiger partial charge in [-0.1, -0.05) is 19.1 Å². The number of primary amides is 1. The molecule has 20 heavy (non-hydrogen) atoms. The fourth-order valence-electron chi connectivity index (χ4n) is 1.81. The van der Waals surface area contributed by atoms with E-state index in [1.807, 2.05) is 13.0 Å². The van der Waals surface area contributed by atoms with E-state index in [1.165, 1.54) is 6.20 Å². The molecule has 0 saturated heterocycles. The van der Waals surface area contributed by atoms with E-state index in [0.29, 0.717) is 11.3 Å². The van der Waals surface area contributed by atoms with Crippen molar-refractivity contribution in [3.05, 3.63) is 59.4 Å². The fraction of sp³-hybridized carbons (Fsp3) is 0.133. The van der Waals surface area contributed by atoms with Crippen molar-refractivity contribution in [3.8, 4) is 0 Å². The van der Waals surface area contributed by atoms with Gasteiger partial charge in [0.15, 0.2) is 0 Å². The molecule has 0 fully saturated rings. The second-order valence-corrected chi connectivity index (χ2v) is 4.27. The van der Waals surface area contributed by atoms with Crippen LogP contribution >= 0.6 is 0 Å². The average Bonchev–Trinajstić information content (AvgIpc) is 2.48. The molecule has 2 rings (SSSR count). The summed E-state index contributed by atoms with van der Waals surface area (Å²) >= 11 is 0. The minimum Gasteiger partial charge on any atom is -0.366 e. The Hall–Kier alpha value is -2.69. The van der Waals surface area contributed by atoms with E-state index < -0.39 is 5.91 Å². The minimum absolute atomic E-state index is 0.280. The molecular formula is C15H15N3O2. The molecule has 0 aliphatic carbocycles. The van der Waals surface area contributed by atoms with Crippen LogP contribution in [0.4, 0.5) is 5.69 Å². The monoisotopic (exact) mass is 269 g/mol. The van der Waals surface area contributed by atoms with Crippen LogP contribution in [0.15, 0.2) is 42.6 Å². The minimum atomic E-state index is -0.573. The summed E-state index contributed by atoms with van der Waals surface area (Å²) in [5.74, 6) is -0.950. The van der Waals surface area contributed by atoms with Gasteiger partial charge in [-0.2, -0.15) is 0 Å². The fourth-order valence-corrected chi connectivity index (χ4v) is 1.81. The number of hydrogen-bond acceptors (Lipinski definition) is 3. The van der Waals surface area contributed by atoms with E-state index in [1.54, 1.807) is 30.3 Å². The van der Waals surface area contributed by atoms with E-state index in [0.717, 1.165) is 12.0 Å². The Morgan fingerprint density at radius 1 is 1.25 bits per heavy atom. The highest BCUT2D eigenvalue weighted by Crippen LogP contribution is 2.18. The number of amides is 2. The summed E-state index contributed by atoms with van der Waals surface area (Å²) in [6.45, 7) is 1.98. The van der Waals surface area contributed by atoms with Crippen molar-refractivity contribution in [1.82, 2.24) is 4.98 Å². The maximum atomic E-state index is 12.0. The number of nitrogens with zero attached hydrogens (tertiary/aromatic N) is 1. The molecule has 0 bridgehead atoms. The summed E-state index contributed by atoms with van der Waals surface area (Å²) in [7, 11) is 0. The van der Waals surface area contributed by atoms with Crippen molar-refractivity contribution in [1.29, 1.82) is 0 Å². The Morgan fingerprint density at radius 3 is 2.65 bits per heavy atom. The summed E-state index contributed by atoms with van der Waals surface area (Å²) in [5, 5.41) is 2.66. The number of rotatable bonds is 4. The SMILES string of the molecule is CCc1ccc(NC(=O)c2ccccn2)c(C(N)=O)c1. The first-order valence-electron chi connectivity index (χ1n) is 6.27. The van der Waals surface area contributed by atoms with Crippen LogP contribution in [0.1, 0.15) is 33.3 Å². The Balaban J connectivity index is 2.29. The van der Waals surface area contributed by atoms with E-state index in [2.05, 4.69) is 10.3 Å². The molecule has 1 aromatic heterocycles. The zero-order chi connectivity index (χ0) is 14.5. The first kappa shape index (κ1) is 13.7. The lowest BCUT2D eigenvalue weighted by atomic mass is 10.1. The van der Waals surface area contributed by atoms with Crippen LogP contribution in [0.3, 0.4) is 0 Å². The lowest BCUT2D eigenvalue weighted by Crippen LogP contribution is -2.19. The predicted octanol–water partition coefficient (Wildman–Crippen LogP) is 2.00. The molecule has 0 saturated carbocycles. The summed E-state index contributed by atoms with van der Waals surface area (Å²) in [4.78, 5) is 27.4. The second-order valence-electron chi connectivity index (χ2n) is 4.27. The van der Waals surface area contributed by atoms with E-state index >= 15 is 0 Å². The van der Waals surface area contributed by atoms with Crippen molar-refractivity contribution in [3.63, 3.8) is 0 Å². The molecule has 0 atom stereocenters. The van der Waals surface area contributed by atoms with Crippen molar-refractivity contribution >= 4 is 17.5 Å². The van der Waals surface area contributed by atoms with Crippen molar-refractivity contribution in [2.45, 2.75) is 13.3 Å². The van der Waals surface area contributed by atoms with Gasteiger partial charge in [-0.15, -0.1) is 0 Å². The van der Waals surface area contributed by atoms with Crippen LogP contribution in [-0.2, 0) is 6.42 Å². The normalized spacial score (nSPS) is 10.1. The predicted molar refractivity (Wildman–Crippen MR) is 76.5 cm³/mol. The molecule has 0 radical (unpaired) electrons. The summed E-state index contributed by atoms with van der Waals surface area (Å²) in [5.41, 5.74) is 7.30. The van der Waals surface area contributed by atoms with Crippen LogP contribution in [-0.4, -0.2) is 16.8 Å². The molecule has 0 aliphatic heterocycles. The number of pyridine rings is 1. The number of carbonyl (C=O) groups is 2. The first-order chi connectivity index (χ1) is 9.61. The van der Waals surface area contributed by atoms with Gasteiger partial charge in [-0.05, 0) is 36.2 Å². The topological polar surface area (TPSA) is 85.1 Å². The molecule has 1 heterocycles. The molecule has 3 N–H and O–H groups in total. The van der Waals surface area contributed by atoms with Gasteiger partial charge < -0.3 is 11.1 Å².